The van der Waals surface area contributed by atoms with Crippen molar-refractivity contribution in [3.05, 3.63) is 12.3 Å². The minimum Gasteiger partial charge on any atom is -0.370 e. The third kappa shape index (κ3) is 2.46. The predicted octanol–water partition coefficient (Wildman–Crippen LogP) is -1.06. The molecular formula is C10H17N5O2. The van der Waals surface area contributed by atoms with E-state index in [4.69, 9.17) is 10.5 Å². The molecule has 0 saturated carbocycles. The number of carbonyl (C=O) groups is 1. The Balaban J connectivity index is 2.02. The summed E-state index contributed by atoms with van der Waals surface area (Å²) in [5.41, 5.74) is 5.43. The molecule has 0 radical (unpaired) electrons. The normalized spacial score (nSPS) is 17.5. The van der Waals surface area contributed by atoms with Gasteiger partial charge in [0.2, 0.25) is 0 Å². The van der Waals surface area contributed by atoms with Crippen LogP contribution in [0.4, 0.5) is 5.82 Å². The monoisotopic (exact) mass is 239 g/mol. The van der Waals surface area contributed by atoms with Crippen LogP contribution >= 0.6 is 0 Å². The highest BCUT2D eigenvalue weighted by Gasteiger charge is 2.23. The Morgan fingerprint density at radius 1 is 1.82 bits per heavy atom. The minimum atomic E-state index is -0.627. The lowest BCUT2D eigenvalue weighted by atomic mass is 10.2. The molecule has 1 amide bonds. The van der Waals surface area contributed by atoms with Crippen molar-refractivity contribution in [2.75, 3.05) is 32.1 Å². The highest BCUT2D eigenvalue weighted by molar-refractivity contribution is 5.93. The standard InChI is InChI=1S/C10H17N5O2/c1-17-8(4-11)10(16)14-9-2-3-13-15(9)7-5-12-6-7/h2-3,7-8,12H,4-6,11H2,1H3,(H,14,16). The fourth-order valence-corrected chi connectivity index (χ4v) is 1.67. The Morgan fingerprint density at radius 2 is 2.59 bits per heavy atom. The average molecular weight is 239 g/mol. The quantitative estimate of drug-likeness (QED) is 0.609. The number of nitrogens with zero attached hydrogens (tertiary/aromatic N) is 2. The first-order chi connectivity index (χ1) is 8.26. The Hall–Kier alpha value is -1.44. The minimum absolute atomic E-state index is 0.154. The molecule has 17 heavy (non-hydrogen) atoms. The summed E-state index contributed by atoms with van der Waals surface area (Å²) in [7, 11) is 1.46. The smallest absolute Gasteiger partial charge is 0.255 e. The number of nitrogens with two attached hydrogens (primary N) is 1. The van der Waals surface area contributed by atoms with Crippen molar-refractivity contribution in [3.63, 3.8) is 0 Å². The number of methoxy groups -OCH3 is 1. The molecule has 1 fully saturated rings. The van der Waals surface area contributed by atoms with E-state index in [9.17, 15) is 4.79 Å². The number of anilines is 1. The molecule has 4 N–H and O–H groups in total. The molecule has 7 heteroatoms. The molecule has 0 spiro atoms. The van der Waals surface area contributed by atoms with E-state index in [0.717, 1.165) is 13.1 Å². The van der Waals surface area contributed by atoms with E-state index in [1.54, 1.807) is 16.9 Å². The number of nitrogens with one attached hydrogen (secondary N) is 2. The number of amides is 1. The number of carbonyl (C=O) groups excluding carboxylic acids is 1. The van der Waals surface area contributed by atoms with E-state index in [-0.39, 0.29) is 12.5 Å². The summed E-state index contributed by atoms with van der Waals surface area (Å²) < 4.78 is 6.77. The van der Waals surface area contributed by atoms with Crippen molar-refractivity contribution in [2.45, 2.75) is 12.1 Å². The van der Waals surface area contributed by atoms with Crippen LogP contribution in [0.15, 0.2) is 12.3 Å². The lowest BCUT2D eigenvalue weighted by Gasteiger charge is -2.29. The van der Waals surface area contributed by atoms with E-state index in [2.05, 4.69) is 15.7 Å². The summed E-state index contributed by atoms with van der Waals surface area (Å²) in [5.74, 6) is 0.432. The summed E-state index contributed by atoms with van der Waals surface area (Å²) in [4.78, 5) is 11.8. The van der Waals surface area contributed by atoms with Gasteiger partial charge in [0.15, 0.2) is 0 Å². The van der Waals surface area contributed by atoms with E-state index < -0.39 is 6.10 Å². The van der Waals surface area contributed by atoms with Crippen molar-refractivity contribution in [3.8, 4) is 0 Å². The second kappa shape index (κ2) is 5.26. The van der Waals surface area contributed by atoms with Crippen LogP contribution in [0.3, 0.4) is 0 Å². The molecule has 94 valence electrons. The molecule has 1 aromatic rings. The second-order valence-electron chi connectivity index (χ2n) is 3.92. The molecule has 0 aliphatic carbocycles. The summed E-state index contributed by atoms with van der Waals surface area (Å²) in [6, 6.07) is 2.07. The van der Waals surface area contributed by atoms with Crippen molar-refractivity contribution < 1.29 is 9.53 Å². The topological polar surface area (TPSA) is 94.2 Å². The zero-order valence-electron chi connectivity index (χ0n) is 9.72. The first kappa shape index (κ1) is 12.0. The molecule has 1 aromatic heterocycles. The van der Waals surface area contributed by atoms with Crippen molar-refractivity contribution >= 4 is 11.7 Å². The Bertz CT molecular complexity index is 384. The molecule has 1 unspecified atom stereocenters. The number of hydrogen-bond donors (Lipinski definition) is 3. The van der Waals surface area contributed by atoms with Crippen LogP contribution in [0, 0.1) is 0 Å². The highest BCUT2D eigenvalue weighted by Crippen LogP contribution is 2.17. The van der Waals surface area contributed by atoms with Gasteiger partial charge < -0.3 is 21.1 Å². The van der Waals surface area contributed by atoms with Crippen LogP contribution < -0.4 is 16.4 Å². The fraction of sp³-hybridized carbons (Fsp3) is 0.600. The number of rotatable bonds is 5. The Kier molecular flexibility index (Phi) is 3.72. The Morgan fingerprint density at radius 3 is 3.12 bits per heavy atom. The van der Waals surface area contributed by atoms with Gasteiger partial charge in [0, 0.05) is 32.8 Å². The summed E-state index contributed by atoms with van der Waals surface area (Å²) in [6.07, 6.45) is 1.04. The van der Waals surface area contributed by atoms with Crippen LogP contribution in [0.2, 0.25) is 0 Å². The number of aromatic nitrogens is 2. The fourth-order valence-electron chi connectivity index (χ4n) is 1.67. The Labute approximate surface area is 99.3 Å². The number of ether oxygens (including phenoxy) is 1. The van der Waals surface area contributed by atoms with Crippen LogP contribution in [0.5, 0.6) is 0 Å². The maximum Gasteiger partial charge on any atom is 0.255 e. The van der Waals surface area contributed by atoms with Gasteiger partial charge in [0.1, 0.15) is 11.9 Å². The van der Waals surface area contributed by atoms with Crippen LogP contribution in [-0.4, -0.2) is 48.5 Å². The molecule has 1 aliphatic rings. The highest BCUT2D eigenvalue weighted by atomic mass is 16.5. The maximum atomic E-state index is 11.8. The average Bonchev–Trinajstić information content (AvgIpc) is 2.66. The van der Waals surface area contributed by atoms with Gasteiger partial charge >= 0.3 is 0 Å². The van der Waals surface area contributed by atoms with Crippen LogP contribution in [-0.2, 0) is 9.53 Å². The van der Waals surface area contributed by atoms with Gasteiger partial charge in [-0.2, -0.15) is 5.10 Å². The molecule has 1 aliphatic heterocycles. The van der Waals surface area contributed by atoms with E-state index in [1.807, 2.05) is 0 Å². The predicted molar refractivity (Wildman–Crippen MR) is 62.6 cm³/mol. The molecular weight excluding hydrogens is 222 g/mol. The van der Waals surface area contributed by atoms with Gasteiger partial charge in [-0.25, -0.2) is 4.68 Å². The summed E-state index contributed by atoms with van der Waals surface area (Å²) in [5, 5.41) is 10.1. The zero-order chi connectivity index (χ0) is 12.3. The number of hydrogen-bond acceptors (Lipinski definition) is 5. The first-order valence-corrected chi connectivity index (χ1v) is 5.54. The second-order valence-corrected chi connectivity index (χ2v) is 3.92. The van der Waals surface area contributed by atoms with Crippen LogP contribution in [0.25, 0.3) is 0 Å². The van der Waals surface area contributed by atoms with Gasteiger partial charge in [0.05, 0.1) is 12.2 Å². The molecule has 2 rings (SSSR count). The van der Waals surface area contributed by atoms with Crippen molar-refractivity contribution in [1.29, 1.82) is 0 Å². The lowest BCUT2D eigenvalue weighted by Crippen LogP contribution is -2.44. The molecule has 2 heterocycles. The third-order valence-electron chi connectivity index (χ3n) is 2.82. The van der Waals surface area contributed by atoms with E-state index in [1.165, 1.54) is 7.11 Å². The molecule has 7 nitrogen and oxygen atoms in total. The zero-order valence-corrected chi connectivity index (χ0v) is 9.72. The van der Waals surface area contributed by atoms with Gasteiger partial charge in [-0.3, -0.25) is 4.79 Å². The molecule has 0 bridgehead atoms. The summed E-state index contributed by atoms with van der Waals surface area (Å²) >= 11 is 0. The lowest BCUT2D eigenvalue weighted by molar-refractivity contribution is -0.125. The van der Waals surface area contributed by atoms with Crippen molar-refractivity contribution in [2.24, 2.45) is 5.73 Å². The SMILES string of the molecule is COC(CN)C(=O)Nc1ccnn1C1CNC1. The van der Waals surface area contributed by atoms with Gasteiger partial charge in [-0.05, 0) is 0 Å². The van der Waals surface area contributed by atoms with E-state index in [0.29, 0.717) is 11.9 Å². The van der Waals surface area contributed by atoms with Gasteiger partial charge in [-0.15, -0.1) is 0 Å². The van der Waals surface area contributed by atoms with Gasteiger partial charge in [-0.1, -0.05) is 0 Å². The molecule has 1 atom stereocenters. The largest absolute Gasteiger partial charge is 0.370 e. The maximum absolute atomic E-state index is 11.8. The molecule has 0 aromatic carbocycles. The van der Waals surface area contributed by atoms with Crippen LogP contribution in [0.1, 0.15) is 6.04 Å². The molecule has 1 saturated heterocycles. The third-order valence-corrected chi connectivity index (χ3v) is 2.82. The first-order valence-electron chi connectivity index (χ1n) is 5.54. The van der Waals surface area contributed by atoms with Crippen molar-refractivity contribution in [1.82, 2.24) is 15.1 Å². The van der Waals surface area contributed by atoms with E-state index >= 15 is 0 Å². The summed E-state index contributed by atoms with van der Waals surface area (Å²) in [6.45, 7) is 1.89. The van der Waals surface area contributed by atoms with Gasteiger partial charge in [0.25, 0.3) is 5.91 Å².